The van der Waals surface area contributed by atoms with Crippen molar-refractivity contribution in [2.75, 3.05) is 5.32 Å². The highest BCUT2D eigenvalue weighted by molar-refractivity contribution is 7.89. The van der Waals surface area contributed by atoms with Gasteiger partial charge < -0.3 is 10.6 Å². The number of carbonyl (C=O) groups is 2. The van der Waals surface area contributed by atoms with Crippen LogP contribution in [-0.2, 0) is 21.4 Å². The average molecular weight is 470 g/mol. The number of nitrogens with one attached hydrogen (secondary N) is 3. The van der Waals surface area contributed by atoms with E-state index in [2.05, 4.69) is 15.4 Å². The van der Waals surface area contributed by atoms with Gasteiger partial charge in [-0.15, -0.1) is 0 Å². The molecule has 2 aromatic rings. The Kier molecular flexibility index (Phi) is 7.45. The molecular weight excluding hydrogens is 438 g/mol. The zero-order chi connectivity index (χ0) is 23.3. The molecule has 0 saturated heterocycles. The Labute approximate surface area is 195 Å². The van der Waals surface area contributed by atoms with Crippen LogP contribution in [0, 0.1) is 5.92 Å². The first-order chi connectivity index (χ1) is 15.9. The predicted octanol–water partition coefficient (Wildman–Crippen LogP) is 3.97. The van der Waals surface area contributed by atoms with Gasteiger partial charge in [-0.2, -0.15) is 0 Å². The van der Waals surface area contributed by atoms with Crippen LogP contribution in [0.5, 0.6) is 0 Å². The van der Waals surface area contributed by atoms with Crippen LogP contribution in [0.1, 0.15) is 67.3 Å². The fourth-order valence-electron chi connectivity index (χ4n) is 4.61. The van der Waals surface area contributed by atoms with Crippen molar-refractivity contribution in [1.82, 2.24) is 10.0 Å². The highest BCUT2D eigenvalue weighted by Crippen LogP contribution is 2.26. The molecule has 2 fully saturated rings. The number of sulfonamides is 1. The third-order valence-electron chi connectivity index (χ3n) is 6.46. The van der Waals surface area contributed by atoms with Gasteiger partial charge in [0.25, 0.3) is 5.91 Å². The van der Waals surface area contributed by atoms with Crippen molar-refractivity contribution in [3.63, 3.8) is 0 Å². The van der Waals surface area contributed by atoms with Crippen LogP contribution in [0.3, 0.4) is 0 Å². The molecule has 176 valence electrons. The molecule has 7 nitrogen and oxygen atoms in total. The van der Waals surface area contributed by atoms with Gasteiger partial charge in [0.2, 0.25) is 15.9 Å². The van der Waals surface area contributed by atoms with Gasteiger partial charge in [-0.25, -0.2) is 13.1 Å². The Morgan fingerprint density at radius 3 is 2.33 bits per heavy atom. The number of hydrogen-bond acceptors (Lipinski definition) is 4. The summed E-state index contributed by atoms with van der Waals surface area (Å²) in [7, 11) is -3.66. The summed E-state index contributed by atoms with van der Waals surface area (Å²) in [6.45, 7) is 0.267. The van der Waals surface area contributed by atoms with Gasteiger partial charge >= 0.3 is 0 Å². The zero-order valence-electron chi connectivity index (χ0n) is 18.7. The molecule has 4 rings (SSSR count). The second-order valence-electron chi connectivity index (χ2n) is 8.98. The van der Waals surface area contributed by atoms with E-state index in [1.807, 2.05) is 24.3 Å². The Morgan fingerprint density at radius 1 is 0.879 bits per heavy atom. The van der Waals surface area contributed by atoms with Crippen molar-refractivity contribution in [3.05, 3.63) is 59.7 Å². The lowest BCUT2D eigenvalue weighted by Gasteiger charge is -2.13. The molecular formula is C25H31N3O4S. The van der Waals surface area contributed by atoms with Gasteiger partial charge in [0.1, 0.15) is 0 Å². The molecule has 3 N–H and O–H groups in total. The van der Waals surface area contributed by atoms with Crippen molar-refractivity contribution in [1.29, 1.82) is 0 Å². The van der Waals surface area contributed by atoms with Crippen molar-refractivity contribution in [2.24, 2.45) is 5.92 Å². The van der Waals surface area contributed by atoms with Gasteiger partial charge in [-0.1, -0.05) is 43.9 Å². The lowest BCUT2D eigenvalue weighted by molar-refractivity contribution is -0.119. The van der Waals surface area contributed by atoms with E-state index in [0.29, 0.717) is 5.69 Å². The molecule has 0 aliphatic heterocycles. The highest BCUT2D eigenvalue weighted by atomic mass is 32.2. The average Bonchev–Trinajstić information content (AvgIpc) is 3.52. The fraction of sp³-hybridized carbons (Fsp3) is 0.440. The van der Waals surface area contributed by atoms with Gasteiger partial charge in [0.05, 0.1) is 4.90 Å². The SMILES string of the molecule is O=C(NCc1cccc(NC(=O)C2CCCC2)c1)c1cccc(S(=O)(=O)NC2CCCC2)c1. The first-order valence-corrected chi connectivity index (χ1v) is 13.2. The van der Waals surface area contributed by atoms with Crippen LogP contribution < -0.4 is 15.4 Å². The second kappa shape index (κ2) is 10.5. The molecule has 0 bridgehead atoms. The number of hydrogen-bond donors (Lipinski definition) is 3. The van der Waals surface area contributed by atoms with E-state index in [1.165, 1.54) is 12.1 Å². The molecule has 2 amide bonds. The van der Waals surface area contributed by atoms with E-state index in [-0.39, 0.29) is 40.8 Å². The number of rotatable bonds is 8. The molecule has 0 spiro atoms. The maximum atomic E-state index is 12.7. The largest absolute Gasteiger partial charge is 0.348 e. The molecule has 0 unspecified atom stereocenters. The lowest BCUT2D eigenvalue weighted by Crippen LogP contribution is -2.32. The van der Waals surface area contributed by atoms with Crippen molar-refractivity contribution in [3.8, 4) is 0 Å². The Hall–Kier alpha value is -2.71. The molecule has 2 aromatic carbocycles. The molecule has 33 heavy (non-hydrogen) atoms. The monoisotopic (exact) mass is 469 g/mol. The Balaban J connectivity index is 1.36. The minimum Gasteiger partial charge on any atom is -0.348 e. The topological polar surface area (TPSA) is 104 Å². The van der Waals surface area contributed by atoms with Crippen molar-refractivity contribution in [2.45, 2.75) is 68.8 Å². The van der Waals surface area contributed by atoms with Gasteiger partial charge in [-0.05, 0) is 61.6 Å². The van der Waals surface area contributed by atoms with Crippen molar-refractivity contribution < 1.29 is 18.0 Å². The lowest BCUT2D eigenvalue weighted by atomic mass is 10.1. The summed E-state index contributed by atoms with van der Waals surface area (Å²) in [4.78, 5) is 25.1. The van der Waals surface area contributed by atoms with Gasteiger partial charge in [0, 0.05) is 29.8 Å². The van der Waals surface area contributed by atoms with E-state index < -0.39 is 10.0 Å². The van der Waals surface area contributed by atoms with Crippen molar-refractivity contribution >= 4 is 27.5 Å². The van der Waals surface area contributed by atoms with E-state index in [1.54, 1.807) is 12.1 Å². The second-order valence-corrected chi connectivity index (χ2v) is 10.7. The summed E-state index contributed by atoms with van der Waals surface area (Å²) < 4.78 is 28.1. The first-order valence-electron chi connectivity index (χ1n) is 11.7. The van der Waals surface area contributed by atoms with Crippen LogP contribution in [-0.4, -0.2) is 26.3 Å². The maximum Gasteiger partial charge on any atom is 0.251 e. The molecule has 0 radical (unpaired) electrons. The fourth-order valence-corrected chi connectivity index (χ4v) is 5.96. The molecule has 2 saturated carbocycles. The number of anilines is 1. The highest BCUT2D eigenvalue weighted by Gasteiger charge is 2.24. The standard InChI is InChI=1S/C25H31N3O4S/c29-24(20-10-6-14-23(16-20)33(31,32)28-21-11-3-4-12-21)26-17-18-7-5-13-22(15-18)27-25(30)19-8-1-2-9-19/h5-7,10,13-16,19,21,28H,1-4,8-9,11-12,17H2,(H,26,29)(H,27,30). The van der Waals surface area contributed by atoms with Crippen LogP contribution in [0.25, 0.3) is 0 Å². The van der Waals surface area contributed by atoms with Crippen LogP contribution >= 0.6 is 0 Å². The number of amides is 2. The van der Waals surface area contributed by atoms with Crippen LogP contribution in [0.15, 0.2) is 53.4 Å². The summed E-state index contributed by atoms with van der Waals surface area (Å²) in [5.41, 5.74) is 1.85. The molecule has 2 aliphatic carbocycles. The van der Waals surface area contributed by atoms with Gasteiger partial charge in [0.15, 0.2) is 0 Å². The smallest absolute Gasteiger partial charge is 0.251 e. The third-order valence-corrected chi connectivity index (χ3v) is 7.98. The Bertz CT molecular complexity index is 1100. The third kappa shape index (κ3) is 6.21. The molecule has 8 heteroatoms. The van der Waals surface area contributed by atoms with E-state index >= 15 is 0 Å². The minimum absolute atomic E-state index is 0.0334. The Morgan fingerprint density at radius 2 is 1.58 bits per heavy atom. The van der Waals surface area contributed by atoms with E-state index in [9.17, 15) is 18.0 Å². The summed E-state index contributed by atoms with van der Waals surface area (Å²) in [5.74, 6) is -0.216. The maximum absolute atomic E-state index is 12.7. The van der Waals surface area contributed by atoms with Crippen LogP contribution in [0.4, 0.5) is 5.69 Å². The molecule has 0 aromatic heterocycles. The minimum atomic E-state index is -3.66. The molecule has 0 atom stereocenters. The van der Waals surface area contributed by atoms with E-state index in [0.717, 1.165) is 56.9 Å². The molecule has 0 heterocycles. The summed E-state index contributed by atoms with van der Waals surface area (Å²) in [5, 5.41) is 5.81. The number of benzene rings is 2. The van der Waals surface area contributed by atoms with Gasteiger partial charge in [-0.3, -0.25) is 9.59 Å². The van der Waals surface area contributed by atoms with E-state index in [4.69, 9.17) is 0 Å². The first kappa shape index (κ1) is 23.4. The zero-order valence-corrected chi connectivity index (χ0v) is 19.5. The summed E-state index contributed by atoms with van der Waals surface area (Å²) >= 11 is 0. The predicted molar refractivity (Wildman–Crippen MR) is 127 cm³/mol. The summed E-state index contributed by atoms with van der Waals surface area (Å²) in [6.07, 6.45) is 7.83. The quantitative estimate of drug-likeness (QED) is 0.544. The summed E-state index contributed by atoms with van der Waals surface area (Å²) in [6, 6.07) is 13.5. The normalized spacial score (nSPS) is 17.2. The molecule has 2 aliphatic rings. The number of carbonyl (C=O) groups excluding carboxylic acids is 2. The van der Waals surface area contributed by atoms with Crippen LogP contribution in [0.2, 0.25) is 0 Å².